The number of aliphatic carboxylic acids is 1. The molecule has 6 N–H and O–H groups in total. The number of hydrogen-bond acceptors (Lipinski definition) is 5. The molecule has 0 aromatic heterocycles. The van der Waals surface area contributed by atoms with Gasteiger partial charge in [0.2, 0.25) is 0 Å². The van der Waals surface area contributed by atoms with Crippen molar-refractivity contribution in [3.05, 3.63) is 59.7 Å². The molecule has 1 aliphatic carbocycles. The second-order valence-corrected chi connectivity index (χ2v) is 9.05. The third kappa shape index (κ3) is 6.38. The first-order valence-electron chi connectivity index (χ1n) is 11.4. The van der Waals surface area contributed by atoms with E-state index in [1.54, 1.807) is 0 Å². The molecule has 2 aromatic carbocycles. The largest absolute Gasteiger partial charge is 0.480 e. The molecule has 2 aromatic rings. The predicted octanol–water partition coefficient (Wildman–Crippen LogP) is 3.67. The first-order chi connectivity index (χ1) is 16.0. The van der Waals surface area contributed by atoms with Crippen molar-refractivity contribution in [2.75, 3.05) is 0 Å². The van der Waals surface area contributed by atoms with Crippen LogP contribution in [-0.4, -0.2) is 39.8 Å². The molecular weight excluding hydrogens is 448 g/mol. The first kappa shape index (κ1) is 26.2. The topological polar surface area (TPSA) is 116 Å². The summed E-state index contributed by atoms with van der Waals surface area (Å²) >= 11 is 0. The molecule has 0 spiro atoms. The van der Waals surface area contributed by atoms with E-state index in [1.807, 2.05) is 24.3 Å². The quantitative estimate of drug-likeness (QED) is 0.249. The van der Waals surface area contributed by atoms with Gasteiger partial charge in [0, 0.05) is 12.6 Å². The number of hydrogen-bond donors (Lipinski definition) is 5. The Hall–Kier alpha value is -2.40. The monoisotopic (exact) mass is 478 g/mol. The zero-order chi connectivity index (χ0) is 24.9. The van der Waals surface area contributed by atoms with Crippen LogP contribution in [0, 0.1) is 5.92 Å². The second kappa shape index (κ2) is 10.9. The summed E-state index contributed by atoms with van der Waals surface area (Å²) in [4.78, 5) is 11.8. The van der Waals surface area contributed by atoms with E-state index >= 15 is 0 Å². The number of benzene rings is 2. The van der Waals surface area contributed by atoms with Crippen LogP contribution in [0.2, 0.25) is 6.32 Å². The molecular formula is C24H30BF3N2O4. The number of carboxylic acids is 1. The zero-order valence-electron chi connectivity index (χ0n) is 18.8. The number of halogens is 3. The Morgan fingerprint density at radius 2 is 1.71 bits per heavy atom. The van der Waals surface area contributed by atoms with Crippen LogP contribution in [0.15, 0.2) is 48.5 Å². The van der Waals surface area contributed by atoms with Gasteiger partial charge in [0.05, 0.1) is 5.56 Å². The summed E-state index contributed by atoms with van der Waals surface area (Å²) in [5.74, 6) is -1.24. The smallest absolute Gasteiger partial charge is 0.451 e. The van der Waals surface area contributed by atoms with E-state index in [0.29, 0.717) is 37.8 Å². The average molecular weight is 478 g/mol. The van der Waals surface area contributed by atoms with Crippen LogP contribution in [0.3, 0.4) is 0 Å². The van der Waals surface area contributed by atoms with E-state index in [9.17, 15) is 23.1 Å². The van der Waals surface area contributed by atoms with Crippen molar-refractivity contribution < 1.29 is 33.1 Å². The summed E-state index contributed by atoms with van der Waals surface area (Å²) in [6.45, 7) is 0.494. The molecule has 0 amide bonds. The standard InChI is InChI=1S/C24H30BF3N2O4/c26-24(27,28)18-9-7-16(8-10-18)21-6-2-1-5-17(21)15-30-20-13-19(14-20)23(29,22(31)32)11-3-4-12-25(33)34/h1-2,5-10,19-20,30,33-34H,3-4,11-15,29H2,(H,31,32). The van der Waals surface area contributed by atoms with Gasteiger partial charge >= 0.3 is 19.3 Å². The fourth-order valence-corrected chi connectivity index (χ4v) is 4.48. The van der Waals surface area contributed by atoms with Gasteiger partial charge in [0.15, 0.2) is 0 Å². The number of carboxylic acid groups (broad SMARTS) is 1. The summed E-state index contributed by atoms with van der Waals surface area (Å²) in [5, 5.41) is 31.0. The summed E-state index contributed by atoms with van der Waals surface area (Å²) in [7, 11) is -1.40. The van der Waals surface area contributed by atoms with Crippen molar-refractivity contribution in [3.8, 4) is 11.1 Å². The maximum absolute atomic E-state index is 12.9. The van der Waals surface area contributed by atoms with Crippen LogP contribution in [0.25, 0.3) is 11.1 Å². The molecule has 1 fully saturated rings. The van der Waals surface area contributed by atoms with Crippen LogP contribution in [0.4, 0.5) is 13.2 Å². The Balaban J connectivity index is 1.57. The maximum atomic E-state index is 12.9. The number of rotatable bonds is 11. The molecule has 1 atom stereocenters. The van der Waals surface area contributed by atoms with Gasteiger partial charge in [-0.2, -0.15) is 13.2 Å². The lowest BCUT2D eigenvalue weighted by Gasteiger charge is -2.45. The normalized spacial score (nSPS) is 19.8. The Morgan fingerprint density at radius 3 is 2.29 bits per heavy atom. The van der Waals surface area contributed by atoms with Crippen molar-refractivity contribution in [3.63, 3.8) is 0 Å². The zero-order valence-corrected chi connectivity index (χ0v) is 18.8. The molecule has 0 radical (unpaired) electrons. The number of alkyl halides is 3. The summed E-state index contributed by atoms with van der Waals surface area (Å²) in [6, 6.07) is 12.6. The molecule has 1 unspecified atom stereocenters. The lowest BCUT2D eigenvalue weighted by molar-refractivity contribution is -0.148. The highest BCUT2D eigenvalue weighted by Gasteiger charge is 2.48. The summed E-state index contributed by atoms with van der Waals surface area (Å²) < 4.78 is 38.6. The maximum Gasteiger partial charge on any atom is 0.451 e. The van der Waals surface area contributed by atoms with Crippen LogP contribution in [0.5, 0.6) is 0 Å². The van der Waals surface area contributed by atoms with E-state index in [1.165, 1.54) is 12.1 Å². The van der Waals surface area contributed by atoms with Crippen molar-refractivity contribution in [2.45, 2.75) is 62.7 Å². The van der Waals surface area contributed by atoms with E-state index in [-0.39, 0.29) is 24.7 Å². The minimum absolute atomic E-state index is 0.0900. The number of unbranched alkanes of at least 4 members (excludes halogenated alkanes) is 1. The third-order valence-electron chi connectivity index (χ3n) is 6.69. The SMILES string of the molecule is NC(CCCCB(O)O)(C(=O)O)C1CC(NCc2ccccc2-c2ccc(C(F)(F)F)cc2)C1. The minimum Gasteiger partial charge on any atom is -0.480 e. The number of carbonyl (C=O) groups is 1. The van der Waals surface area contributed by atoms with Gasteiger partial charge in [0.25, 0.3) is 0 Å². The number of nitrogens with two attached hydrogens (primary N) is 1. The minimum atomic E-state index is -4.38. The van der Waals surface area contributed by atoms with E-state index in [0.717, 1.165) is 23.3 Å². The lowest BCUT2D eigenvalue weighted by atomic mass is 9.66. The fraction of sp³-hybridized carbons (Fsp3) is 0.458. The Bertz CT molecular complexity index is 965. The molecule has 3 rings (SSSR count). The Kier molecular flexibility index (Phi) is 8.40. The van der Waals surface area contributed by atoms with Gasteiger partial charge in [-0.1, -0.05) is 49.2 Å². The molecule has 0 aliphatic heterocycles. The molecule has 6 nitrogen and oxygen atoms in total. The molecule has 10 heteroatoms. The summed E-state index contributed by atoms with van der Waals surface area (Å²) in [6.07, 6.45) is -1.74. The molecule has 0 bridgehead atoms. The molecule has 1 saturated carbocycles. The summed E-state index contributed by atoms with van der Waals surface area (Å²) in [5.41, 5.74) is 6.67. The van der Waals surface area contributed by atoms with Crippen molar-refractivity contribution >= 4 is 13.1 Å². The number of nitrogens with one attached hydrogen (secondary N) is 1. The lowest BCUT2D eigenvalue weighted by Crippen LogP contribution is -2.61. The van der Waals surface area contributed by atoms with Crippen LogP contribution < -0.4 is 11.1 Å². The molecule has 1 aliphatic rings. The van der Waals surface area contributed by atoms with Gasteiger partial charge in [-0.05, 0) is 60.3 Å². The predicted molar refractivity (Wildman–Crippen MR) is 124 cm³/mol. The Labute approximate surface area is 197 Å². The fourth-order valence-electron chi connectivity index (χ4n) is 4.48. The van der Waals surface area contributed by atoms with Crippen molar-refractivity contribution in [1.82, 2.24) is 5.32 Å². The third-order valence-corrected chi connectivity index (χ3v) is 6.69. The van der Waals surface area contributed by atoms with E-state index < -0.39 is 30.4 Å². The van der Waals surface area contributed by atoms with E-state index in [2.05, 4.69) is 5.32 Å². The van der Waals surface area contributed by atoms with Crippen LogP contribution >= 0.6 is 0 Å². The molecule has 0 heterocycles. The first-order valence-corrected chi connectivity index (χ1v) is 11.4. The van der Waals surface area contributed by atoms with Gasteiger partial charge < -0.3 is 26.2 Å². The van der Waals surface area contributed by atoms with Gasteiger partial charge in [-0.3, -0.25) is 4.79 Å². The Morgan fingerprint density at radius 1 is 1.06 bits per heavy atom. The molecule has 34 heavy (non-hydrogen) atoms. The van der Waals surface area contributed by atoms with Gasteiger partial charge in [-0.15, -0.1) is 0 Å². The van der Waals surface area contributed by atoms with Gasteiger partial charge in [0.1, 0.15) is 5.54 Å². The average Bonchev–Trinajstić information content (AvgIpc) is 2.75. The van der Waals surface area contributed by atoms with Crippen molar-refractivity contribution in [1.29, 1.82) is 0 Å². The van der Waals surface area contributed by atoms with Crippen molar-refractivity contribution in [2.24, 2.45) is 11.7 Å². The highest BCUT2D eigenvalue weighted by atomic mass is 19.4. The molecule has 184 valence electrons. The van der Waals surface area contributed by atoms with Crippen LogP contribution in [0.1, 0.15) is 43.2 Å². The van der Waals surface area contributed by atoms with Crippen LogP contribution in [-0.2, 0) is 17.5 Å². The van der Waals surface area contributed by atoms with Gasteiger partial charge in [-0.25, -0.2) is 0 Å². The highest BCUT2D eigenvalue weighted by molar-refractivity contribution is 6.40. The van der Waals surface area contributed by atoms with E-state index in [4.69, 9.17) is 15.8 Å². The second-order valence-electron chi connectivity index (χ2n) is 9.05. The highest BCUT2D eigenvalue weighted by Crippen LogP contribution is 2.39. The molecule has 0 saturated heterocycles.